The second-order valence-corrected chi connectivity index (χ2v) is 4.53. The molecule has 0 saturated heterocycles. The fraction of sp³-hybridized carbons (Fsp3) is 0.0714. The number of hydrogen-bond donors (Lipinski definition) is 2. The van der Waals surface area contributed by atoms with Gasteiger partial charge in [-0.1, -0.05) is 23.7 Å². The van der Waals surface area contributed by atoms with Crippen LogP contribution in [-0.4, -0.2) is 12.5 Å². The SMILES string of the molecule is O=C(CNc1c(F)cc(F)cc1Cl)Nc1ccccc1F. The molecule has 3 nitrogen and oxygen atoms in total. The molecule has 1 amide bonds. The van der Waals surface area contributed by atoms with Crippen LogP contribution < -0.4 is 10.6 Å². The van der Waals surface area contributed by atoms with E-state index in [1.807, 2.05) is 0 Å². The molecule has 0 radical (unpaired) electrons. The van der Waals surface area contributed by atoms with Crippen molar-refractivity contribution in [2.75, 3.05) is 17.2 Å². The topological polar surface area (TPSA) is 41.1 Å². The van der Waals surface area contributed by atoms with Crippen molar-refractivity contribution in [2.45, 2.75) is 0 Å². The monoisotopic (exact) mass is 314 g/mol. The minimum Gasteiger partial charge on any atom is -0.373 e. The van der Waals surface area contributed by atoms with E-state index in [1.54, 1.807) is 6.07 Å². The van der Waals surface area contributed by atoms with Crippen molar-refractivity contribution in [3.63, 3.8) is 0 Å². The van der Waals surface area contributed by atoms with Gasteiger partial charge < -0.3 is 10.6 Å². The van der Waals surface area contributed by atoms with Crippen LogP contribution in [0.1, 0.15) is 0 Å². The van der Waals surface area contributed by atoms with Crippen LogP contribution in [0.25, 0.3) is 0 Å². The van der Waals surface area contributed by atoms with Gasteiger partial charge in [-0.15, -0.1) is 0 Å². The lowest BCUT2D eigenvalue weighted by molar-refractivity contribution is -0.114. The Morgan fingerprint density at radius 1 is 1.10 bits per heavy atom. The Labute approximate surface area is 123 Å². The van der Waals surface area contributed by atoms with E-state index < -0.39 is 23.4 Å². The summed E-state index contributed by atoms with van der Waals surface area (Å²) >= 11 is 5.67. The van der Waals surface area contributed by atoms with Gasteiger partial charge in [-0.3, -0.25) is 4.79 Å². The average molecular weight is 315 g/mol. The molecule has 0 aliphatic rings. The second kappa shape index (κ2) is 6.49. The van der Waals surface area contributed by atoms with Crippen molar-refractivity contribution in [3.8, 4) is 0 Å². The minimum absolute atomic E-state index is 0.00924. The van der Waals surface area contributed by atoms with E-state index in [0.717, 1.165) is 6.07 Å². The molecule has 0 unspecified atom stereocenters. The van der Waals surface area contributed by atoms with Crippen LogP contribution in [0.15, 0.2) is 36.4 Å². The molecule has 0 aliphatic carbocycles. The molecule has 0 spiro atoms. The van der Waals surface area contributed by atoms with Crippen LogP contribution >= 0.6 is 11.6 Å². The molecule has 0 aliphatic heterocycles. The molecular formula is C14H10ClF3N2O. The van der Waals surface area contributed by atoms with Crippen molar-refractivity contribution < 1.29 is 18.0 Å². The van der Waals surface area contributed by atoms with Crippen LogP contribution in [0.2, 0.25) is 5.02 Å². The largest absolute Gasteiger partial charge is 0.373 e. The predicted octanol–water partition coefficient (Wildman–Crippen LogP) is 3.81. The number of nitrogens with one attached hydrogen (secondary N) is 2. The molecule has 0 saturated carbocycles. The number of para-hydroxylation sites is 1. The van der Waals surface area contributed by atoms with Gasteiger partial charge in [-0.05, 0) is 18.2 Å². The fourth-order valence-electron chi connectivity index (χ4n) is 1.64. The summed E-state index contributed by atoms with van der Waals surface area (Å²) in [6.07, 6.45) is 0. The first-order valence-electron chi connectivity index (χ1n) is 5.90. The predicted molar refractivity (Wildman–Crippen MR) is 74.9 cm³/mol. The third-order valence-electron chi connectivity index (χ3n) is 2.58. The van der Waals surface area contributed by atoms with E-state index in [4.69, 9.17) is 11.6 Å². The molecule has 2 aromatic rings. The van der Waals surface area contributed by atoms with E-state index in [1.165, 1.54) is 18.2 Å². The van der Waals surface area contributed by atoms with Crippen LogP contribution in [0.3, 0.4) is 0 Å². The molecular weight excluding hydrogens is 305 g/mol. The van der Waals surface area contributed by atoms with Gasteiger partial charge in [0, 0.05) is 6.07 Å². The number of rotatable bonds is 4. The zero-order chi connectivity index (χ0) is 15.4. The number of anilines is 2. The van der Waals surface area contributed by atoms with E-state index in [9.17, 15) is 18.0 Å². The number of hydrogen-bond acceptors (Lipinski definition) is 2. The van der Waals surface area contributed by atoms with E-state index >= 15 is 0 Å². The van der Waals surface area contributed by atoms with Crippen molar-refractivity contribution in [1.29, 1.82) is 0 Å². The lowest BCUT2D eigenvalue weighted by Gasteiger charge is -2.10. The van der Waals surface area contributed by atoms with Crippen molar-refractivity contribution in [2.24, 2.45) is 0 Å². The summed E-state index contributed by atoms with van der Waals surface area (Å²) in [7, 11) is 0. The first-order valence-corrected chi connectivity index (χ1v) is 6.28. The lowest BCUT2D eigenvalue weighted by atomic mass is 10.3. The van der Waals surface area contributed by atoms with Crippen LogP contribution in [0.5, 0.6) is 0 Å². The Morgan fingerprint density at radius 3 is 2.48 bits per heavy atom. The highest BCUT2D eigenvalue weighted by molar-refractivity contribution is 6.33. The summed E-state index contributed by atoms with van der Waals surface area (Å²) in [6.45, 7) is -0.351. The Hall–Kier alpha value is -2.21. The number of halogens is 4. The highest BCUT2D eigenvalue weighted by Gasteiger charge is 2.12. The van der Waals surface area contributed by atoms with Crippen molar-refractivity contribution in [3.05, 3.63) is 58.9 Å². The number of amides is 1. The Balaban J connectivity index is 2.01. The molecule has 0 bridgehead atoms. The normalized spacial score (nSPS) is 10.3. The Kier molecular flexibility index (Phi) is 4.70. The molecule has 0 fully saturated rings. The maximum Gasteiger partial charge on any atom is 0.243 e. The standard InChI is InChI=1S/C14H10ClF3N2O/c15-9-5-8(16)6-11(18)14(9)19-7-13(21)20-12-4-2-1-3-10(12)17/h1-6,19H,7H2,(H,20,21). The summed E-state index contributed by atoms with van der Waals surface area (Å²) in [4.78, 5) is 11.6. The second-order valence-electron chi connectivity index (χ2n) is 4.13. The molecule has 110 valence electrons. The molecule has 2 N–H and O–H groups in total. The van der Waals surface area contributed by atoms with E-state index in [-0.39, 0.29) is 22.9 Å². The lowest BCUT2D eigenvalue weighted by Crippen LogP contribution is -2.22. The zero-order valence-electron chi connectivity index (χ0n) is 10.6. The summed E-state index contributed by atoms with van der Waals surface area (Å²) in [5, 5.41) is 4.57. The molecule has 2 aromatic carbocycles. The number of benzene rings is 2. The molecule has 0 aromatic heterocycles. The van der Waals surface area contributed by atoms with Gasteiger partial charge in [0.15, 0.2) is 5.82 Å². The van der Waals surface area contributed by atoms with Crippen molar-refractivity contribution in [1.82, 2.24) is 0 Å². The molecule has 2 rings (SSSR count). The highest BCUT2D eigenvalue weighted by atomic mass is 35.5. The molecule has 21 heavy (non-hydrogen) atoms. The third-order valence-corrected chi connectivity index (χ3v) is 2.88. The summed E-state index contributed by atoms with van der Waals surface area (Å²) in [6, 6.07) is 7.18. The van der Waals surface area contributed by atoms with E-state index in [2.05, 4.69) is 10.6 Å². The van der Waals surface area contributed by atoms with Crippen LogP contribution in [-0.2, 0) is 4.79 Å². The fourth-order valence-corrected chi connectivity index (χ4v) is 1.90. The number of carbonyl (C=O) groups is 1. The van der Waals surface area contributed by atoms with Crippen molar-refractivity contribution >= 4 is 28.9 Å². The van der Waals surface area contributed by atoms with Gasteiger partial charge >= 0.3 is 0 Å². The van der Waals surface area contributed by atoms with Gasteiger partial charge in [-0.25, -0.2) is 13.2 Å². The van der Waals surface area contributed by atoms with Crippen LogP contribution in [0.4, 0.5) is 24.5 Å². The summed E-state index contributed by atoms with van der Waals surface area (Å²) in [5.41, 5.74) is -0.184. The average Bonchev–Trinajstić information content (AvgIpc) is 2.40. The first kappa shape index (κ1) is 15.2. The van der Waals surface area contributed by atoms with E-state index in [0.29, 0.717) is 6.07 Å². The quantitative estimate of drug-likeness (QED) is 0.901. The third kappa shape index (κ3) is 3.88. The molecule has 0 heterocycles. The number of carbonyl (C=O) groups excluding carboxylic acids is 1. The van der Waals surface area contributed by atoms with Gasteiger partial charge in [0.2, 0.25) is 5.91 Å². The first-order chi connectivity index (χ1) is 9.97. The van der Waals surface area contributed by atoms with Crippen LogP contribution in [0, 0.1) is 17.5 Å². The molecule has 7 heteroatoms. The molecule has 0 atom stereocenters. The van der Waals surface area contributed by atoms with Gasteiger partial charge in [0.25, 0.3) is 0 Å². The minimum atomic E-state index is -0.918. The summed E-state index contributed by atoms with van der Waals surface area (Å²) in [5.74, 6) is -2.92. The zero-order valence-corrected chi connectivity index (χ0v) is 11.3. The summed E-state index contributed by atoms with van der Waals surface area (Å²) < 4.78 is 39.7. The van der Waals surface area contributed by atoms with Gasteiger partial charge in [0.1, 0.15) is 11.6 Å². The maximum absolute atomic E-state index is 13.5. The Morgan fingerprint density at radius 2 is 1.81 bits per heavy atom. The smallest absolute Gasteiger partial charge is 0.243 e. The highest BCUT2D eigenvalue weighted by Crippen LogP contribution is 2.26. The Bertz CT molecular complexity index is 656. The maximum atomic E-state index is 13.5. The van der Waals surface area contributed by atoms with Gasteiger partial charge in [-0.2, -0.15) is 0 Å². The van der Waals surface area contributed by atoms with Gasteiger partial charge in [0.05, 0.1) is 22.9 Å².